The van der Waals surface area contributed by atoms with Gasteiger partial charge in [0.2, 0.25) is 11.9 Å². The number of aromatic nitrogens is 2. The molecular formula is C22H20N2O4. The van der Waals surface area contributed by atoms with Gasteiger partial charge in [-0.05, 0) is 37.5 Å². The van der Waals surface area contributed by atoms with Gasteiger partial charge >= 0.3 is 5.97 Å². The van der Waals surface area contributed by atoms with Gasteiger partial charge in [-0.3, -0.25) is 9.59 Å². The van der Waals surface area contributed by atoms with E-state index in [1.165, 1.54) is 6.92 Å². The molecule has 1 aliphatic heterocycles. The Morgan fingerprint density at radius 2 is 1.93 bits per heavy atom. The zero-order valence-corrected chi connectivity index (χ0v) is 15.7. The number of nitrogens with zero attached hydrogens (tertiary/aromatic N) is 2. The van der Waals surface area contributed by atoms with Crippen molar-refractivity contribution in [2.45, 2.75) is 44.9 Å². The van der Waals surface area contributed by atoms with Gasteiger partial charge in [0.15, 0.2) is 11.9 Å². The van der Waals surface area contributed by atoms with Crippen LogP contribution >= 0.6 is 0 Å². The second-order valence-corrected chi connectivity index (χ2v) is 7.41. The summed E-state index contributed by atoms with van der Waals surface area (Å²) >= 11 is 0. The van der Waals surface area contributed by atoms with E-state index in [0.29, 0.717) is 22.9 Å². The Balaban J connectivity index is 1.68. The third kappa shape index (κ3) is 2.59. The number of fused-ring (bicyclic) bond motifs is 3. The standard InChI is InChI=1S/C22H20N2O4/c1-12-23-18-17(24(12)15-8-9-15)11-10-16-19(26)22(27-13(2)25)20(28-21(16)18)14-6-4-3-5-7-14/h3-7,10-11,15,20,22H,8-9H2,1-2H3/t20-,22+/m1/s1. The summed E-state index contributed by atoms with van der Waals surface area (Å²) in [7, 11) is 0. The number of hydrogen-bond donors (Lipinski definition) is 0. The highest BCUT2D eigenvalue weighted by atomic mass is 16.6. The average Bonchev–Trinajstić information content (AvgIpc) is 3.45. The van der Waals surface area contributed by atoms with Crippen LogP contribution in [0.4, 0.5) is 0 Å². The molecule has 5 rings (SSSR count). The molecule has 1 aliphatic carbocycles. The minimum absolute atomic E-state index is 0.258. The number of carbonyl (C=O) groups excluding carboxylic acids is 2. The van der Waals surface area contributed by atoms with Crippen molar-refractivity contribution >= 4 is 22.8 Å². The normalized spacial score (nSPS) is 21.3. The lowest BCUT2D eigenvalue weighted by atomic mass is 9.93. The van der Waals surface area contributed by atoms with Gasteiger partial charge in [-0.15, -0.1) is 0 Å². The van der Waals surface area contributed by atoms with Crippen molar-refractivity contribution < 1.29 is 19.1 Å². The Labute approximate surface area is 162 Å². The van der Waals surface area contributed by atoms with Crippen LogP contribution < -0.4 is 4.74 Å². The van der Waals surface area contributed by atoms with Crippen molar-refractivity contribution in [1.29, 1.82) is 0 Å². The minimum Gasteiger partial charge on any atom is -0.478 e. The highest BCUT2D eigenvalue weighted by Gasteiger charge is 2.42. The average molecular weight is 376 g/mol. The molecule has 6 nitrogen and oxygen atoms in total. The van der Waals surface area contributed by atoms with E-state index in [1.54, 1.807) is 6.07 Å². The van der Waals surface area contributed by atoms with Gasteiger partial charge in [0.1, 0.15) is 11.3 Å². The molecule has 0 unspecified atom stereocenters. The largest absolute Gasteiger partial charge is 0.478 e. The zero-order chi connectivity index (χ0) is 19.4. The molecule has 2 aliphatic rings. The Morgan fingerprint density at radius 3 is 2.61 bits per heavy atom. The molecule has 2 heterocycles. The Bertz CT molecular complexity index is 1100. The predicted octanol–water partition coefficient (Wildman–Crippen LogP) is 3.93. The fourth-order valence-corrected chi connectivity index (χ4v) is 4.02. The SMILES string of the molecule is CC(=O)O[C@H]1C(=O)c2ccc3c(nc(C)n3C3CC3)c2O[C@@H]1c1ccccc1. The number of ketones is 1. The predicted molar refractivity (Wildman–Crippen MR) is 102 cm³/mol. The number of rotatable bonds is 3. The molecule has 1 fully saturated rings. The van der Waals surface area contributed by atoms with Gasteiger partial charge in [0, 0.05) is 13.0 Å². The van der Waals surface area contributed by atoms with Crippen LogP contribution in [0.3, 0.4) is 0 Å². The molecule has 2 atom stereocenters. The van der Waals surface area contributed by atoms with E-state index in [9.17, 15) is 9.59 Å². The molecule has 142 valence electrons. The van der Waals surface area contributed by atoms with Gasteiger partial charge in [0.25, 0.3) is 0 Å². The Kier molecular flexibility index (Phi) is 3.75. The molecule has 0 radical (unpaired) electrons. The smallest absolute Gasteiger partial charge is 0.303 e. The van der Waals surface area contributed by atoms with E-state index in [0.717, 1.165) is 29.7 Å². The maximum atomic E-state index is 13.2. The summed E-state index contributed by atoms with van der Waals surface area (Å²) in [6, 6.07) is 13.5. The molecular weight excluding hydrogens is 356 g/mol. The first kappa shape index (κ1) is 17.0. The van der Waals surface area contributed by atoms with Gasteiger partial charge in [-0.1, -0.05) is 30.3 Å². The van der Waals surface area contributed by atoms with Crippen LogP contribution in [-0.2, 0) is 9.53 Å². The molecule has 0 saturated heterocycles. The van der Waals surface area contributed by atoms with E-state index >= 15 is 0 Å². The third-order valence-corrected chi connectivity index (χ3v) is 5.37. The van der Waals surface area contributed by atoms with Crippen LogP contribution in [0.1, 0.15) is 53.7 Å². The summed E-state index contributed by atoms with van der Waals surface area (Å²) in [5.74, 6) is 0.620. The second kappa shape index (κ2) is 6.19. The van der Waals surface area contributed by atoms with Crippen molar-refractivity contribution in [3.63, 3.8) is 0 Å². The number of carbonyl (C=O) groups is 2. The first-order chi connectivity index (χ1) is 13.5. The van der Waals surface area contributed by atoms with Crippen LogP contribution in [0.5, 0.6) is 5.75 Å². The van der Waals surface area contributed by atoms with Crippen molar-refractivity contribution in [2.24, 2.45) is 0 Å². The highest BCUT2D eigenvalue weighted by molar-refractivity contribution is 6.08. The summed E-state index contributed by atoms with van der Waals surface area (Å²) in [6.07, 6.45) is 0.563. The van der Waals surface area contributed by atoms with Crippen LogP contribution in [0.2, 0.25) is 0 Å². The maximum Gasteiger partial charge on any atom is 0.303 e. The van der Waals surface area contributed by atoms with Crippen LogP contribution in [0.25, 0.3) is 11.0 Å². The molecule has 1 aromatic heterocycles. The van der Waals surface area contributed by atoms with Gasteiger partial charge in [-0.2, -0.15) is 0 Å². The van der Waals surface area contributed by atoms with Crippen LogP contribution in [-0.4, -0.2) is 27.4 Å². The fourth-order valence-electron chi connectivity index (χ4n) is 4.02. The van der Waals surface area contributed by atoms with Gasteiger partial charge in [-0.25, -0.2) is 4.98 Å². The van der Waals surface area contributed by atoms with Crippen molar-refractivity contribution in [3.8, 4) is 5.75 Å². The zero-order valence-electron chi connectivity index (χ0n) is 15.7. The first-order valence-corrected chi connectivity index (χ1v) is 9.49. The molecule has 0 spiro atoms. The number of aryl methyl sites for hydroxylation is 1. The summed E-state index contributed by atoms with van der Waals surface area (Å²) in [5.41, 5.74) is 2.86. The third-order valence-electron chi connectivity index (χ3n) is 5.37. The fraction of sp³-hybridized carbons (Fsp3) is 0.318. The number of esters is 1. The summed E-state index contributed by atoms with van der Waals surface area (Å²) < 4.78 is 13.9. The number of hydrogen-bond acceptors (Lipinski definition) is 5. The summed E-state index contributed by atoms with van der Waals surface area (Å²) in [6.45, 7) is 3.28. The van der Waals surface area contributed by atoms with E-state index < -0.39 is 18.2 Å². The molecule has 3 aromatic rings. The van der Waals surface area contributed by atoms with Crippen molar-refractivity contribution in [3.05, 3.63) is 59.4 Å². The molecule has 0 N–H and O–H groups in total. The van der Waals surface area contributed by atoms with Gasteiger partial charge in [0.05, 0.1) is 11.1 Å². The van der Waals surface area contributed by atoms with E-state index in [1.807, 2.05) is 43.3 Å². The monoisotopic (exact) mass is 376 g/mol. The lowest BCUT2D eigenvalue weighted by Gasteiger charge is -2.32. The van der Waals surface area contributed by atoms with E-state index in [-0.39, 0.29) is 5.78 Å². The molecule has 0 amide bonds. The lowest BCUT2D eigenvalue weighted by molar-refractivity contribution is -0.148. The molecule has 28 heavy (non-hydrogen) atoms. The molecule has 1 saturated carbocycles. The van der Waals surface area contributed by atoms with Crippen LogP contribution in [0, 0.1) is 6.92 Å². The summed E-state index contributed by atoms with van der Waals surface area (Å²) in [4.78, 5) is 29.6. The Hall–Kier alpha value is -3.15. The second-order valence-electron chi connectivity index (χ2n) is 7.41. The molecule has 0 bridgehead atoms. The number of imidazole rings is 1. The Morgan fingerprint density at radius 1 is 1.18 bits per heavy atom. The van der Waals surface area contributed by atoms with Crippen molar-refractivity contribution in [1.82, 2.24) is 9.55 Å². The minimum atomic E-state index is -1.02. The van der Waals surface area contributed by atoms with E-state index in [4.69, 9.17) is 14.5 Å². The first-order valence-electron chi connectivity index (χ1n) is 9.49. The number of benzene rings is 2. The van der Waals surface area contributed by atoms with Crippen molar-refractivity contribution in [2.75, 3.05) is 0 Å². The topological polar surface area (TPSA) is 70.4 Å². The van der Waals surface area contributed by atoms with E-state index in [2.05, 4.69) is 4.57 Å². The maximum absolute atomic E-state index is 13.2. The van der Waals surface area contributed by atoms with Gasteiger partial charge < -0.3 is 14.0 Å². The number of ether oxygens (including phenoxy) is 2. The quantitative estimate of drug-likeness (QED) is 0.648. The summed E-state index contributed by atoms with van der Waals surface area (Å²) in [5, 5.41) is 0. The lowest BCUT2D eigenvalue weighted by Crippen LogP contribution is -2.39. The molecule has 6 heteroatoms. The highest BCUT2D eigenvalue weighted by Crippen LogP contribution is 2.44. The van der Waals surface area contributed by atoms with Crippen LogP contribution in [0.15, 0.2) is 42.5 Å². The number of Topliss-reactive ketones (excluding diaryl/α,β-unsaturated/α-hetero) is 1. The molecule has 2 aromatic carbocycles.